The van der Waals surface area contributed by atoms with Crippen molar-refractivity contribution in [2.75, 3.05) is 19.5 Å². The quantitative estimate of drug-likeness (QED) is 0.277. The summed E-state index contributed by atoms with van der Waals surface area (Å²) in [7, 11) is 1.64. The monoisotopic (exact) mass is 399 g/mol. The number of thioether (sulfide) groups is 1. The van der Waals surface area contributed by atoms with Crippen molar-refractivity contribution < 1.29 is 13.9 Å². The van der Waals surface area contributed by atoms with Crippen LogP contribution in [0.5, 0.6) is 11.5 Å². The minimum Gasteiger partial charge on any atom is -0.497 e. The molecule has 0 spiro atoms. The molecule has 0 fully saturated rings. The van der Waals surface area contributed by atoms with Crippen molar-refractivity contribution in [1.82, 2.24) is 14.8 Å². The van der Waals surface area contributed by atoms with Crippen LogP contribution in [0.3, 0.4) is 0 Å². The van der Waals surface area contributed by atoms with E-state index in [4.69, 9.17) is 9.47 Å². The lowest BCUT2D eigenvalue weighted by Gasteiger charge is -2.09. The molecule has 7 heteroatoms. The number of aromatic nitrogens is 3. The van der Waals surface area contributed by atoms with E-state index >= 15 is 0 Å². The molecule has 0 saturated carbocycles. The molecular formula is C21H22FN3O2S. The number of nitrogens with zero attached hydrogens (tertiary/aromatic N) is 3. The number of rotatable bonds is 10. The van der Waals surface area contributed by atoms with E-state index in [1.807, 2.05) is 34.9 Å². The molecule has 0 aliphatic carbocycles. The molecule has 0 aliphatic heterocycles. The normalized spacial score (nSPS) is 10.6. The van der Waals surface area contributed by atoms with E-state index in [-0.39, 0.29) is 5.82 Å². The van der Waals surface area contributed by atoms with Crippen molar-refractivity contribution in [2.45, 2.75) is 18.1 Å². The van der Waals surface area contributed by atoms with Gasteiger partial charge < -0.3 is 9.47 Å². The lowest BCUT2D eigenvalue weighted by molar-refractivity contribution is 0.318. The zero-order valence-electron chi connectivity index (χ0n) is 15.7. The van der Waals surface area contributed by atoms with Gasteiger partial charge in [-0.05, 0) is 55.0 Å². The van der Waals surface area contributed by atoms with E-state index in [0.29, 0.717) is 18.9 Å². The molecule has 0 aliphatic rings. The van der Waals surface area contributed by atoms with Gasteiger partial charge in [-0.25, -0.2) is 4.39 Å². The standard InChI is InChI=1S/C21H22FN3O2S/c1-3-13-25-20(16-5-9-18(26-2)10-6-16)23-24-21(25)28-15-4-14-27-19-11-7-17(22)8-12-19/h3,5-12H,1,4,13-15H2,2H3. The van der Waals surface area contributed by atoms with E-state index < -0.39 is 0 Å². The summed E-state index contributed by atoms with van der Waals surface area (Å²) >= 11 is 1.62. The number of allylic oxidation sites excluding steroid dienone is 1. The first-order valence-electron chi connectivity index (χ1n) is 8.91. The number of halogens is 1. The highest BCUT2D eigenvalue weighted by atomic mass is 32.2. The minimum absolute atomic E-state index is 0.267. The zero-order chi connectivity index (χ0) is 19.8. The number of benzene rings is 2. The second-order valence-corrected chi connectivity index (χ2v) is 7.00. The van der Waals surface area contributed by atoms with Crippen LogP contribution in [0.1, 0.15) is 6.42 Å². The Morgan fingerprint density at radius 3 is 2.46 bits per heavy atom. The summed E-state index contributed by atoms with van der Waals surface area (Å²) in [5.41, 5.74) is 0.974. The molecule has 0 bridgehead atoms. The summed E-state index contributed by atoms with van der Waals surface area (Å²) < 4.78 is 25.8. The Morgan fingerprint density at radius 2 is 1.79 bits per heavy atom. The molecule has 146 valence electrons. The number of ether oxygens (including phenoxy) is 2. The Kier molecular flexibility index (Phi) is 7.08. The third-order valence-electron chi connectivity index (χ3n) is 3.98. The predicted octanol–water partition coefficient (Wildman–Crippen LogP) is 4.84. The molecule has 3 aromatic rings. The Hall–Kier alpha value is -2.80. The summed E-state index contributed by atoms with van der Waals surface area (Å²) in [4.78, 5) is 0. The third-order valence-corrected chi connectivity index (χ3v) is 5.03. The smallest absolute Gasteiger partial charge is 0.191 e. The number of hydrogen-bond donors (Lipinski definition) is 0. The van der Waals surface area contributed by atoms with Crippen LogP contribution in [-0.4, -0.2) is 34.2 Å². The maximum atomic E-state index is 12.9. The van der Waals surface area contributed by atoms with Crippen molar-refractivity contribution in [3.8, 4) is 22.9 Å². The maximum Gasteiger partial charge on any atom is 0.191 e. The zero-order valence-corrected chi connectivity index (χ0v) is 16.5. The van der Waals surface area contributed by atoms with Gasteiger partial charge in [0.15, 0.2) is 11.0 Å². The number of methoxy groups -OCH3 is 1. The van der Waals surface area contributed by atoms with E-state index in [1.165, 1.54) is 12.1 Å². The molecule has 0 unspecified atom stereocenters. The molecule has 1 aromatic heterocycles. The van der Waals surface area contributed by atoms with Crippen LogP contribution in [0.15, 0.2) is 66.3 Å². The largest absolute Gasteiger partial charge is 0.497 e. The molecule has 3 rings (SSSR count). The lowest BCUT2D eigenvalue weighted by atomic mass is 10.2. The van der Waals surface area contributed by atoms with E-state index in [0.717, 1.165) is 34.5 Å². The maximum absolute atomic E-state index is 12.9. The van der Waals surface area contributed by atoms with Crippen molar-refractivity contribution >= 4 is 11.8 Å². The fraction of sp³-hybridized carbons (Fsp3) is 0.238. The fourth-order valence-corrected chi connectivity index (χ4v) is 3.45. The fourth-order valence-electron chi connectivity index (χ4n) is 2.59. The molecule has 0 radical (unpaired) electrons. The average Bonchev–Trinajstić information content (AvgIpc) is 3.12. The Bertz CT molecular complexity index is 895. The third kappa shape index (κ3) is 5.13. The molecular weight excluding hydrogens is 377 g/mol. The molecule has 0 atom stereocenters. The molecule has 0 N–H and O–H groups in total. The van der Waals surface area contributed by atoms with Gasteiger partial charge in [-0.3, -0.25) is 4.57 Å². The highest BCUT2D eigenvalue weighted by Crippen LogP contribution is 2.26. The predicted molar refractivity (Wildman–Crippen MR) is 109 cm³/mol. The Balaban J connectivity index is 1.58. The van der Waals surface area contributed by atoms with Gasteiger partial charge in [-0.15, -0.1) is 16.8 Å². The van der Waals surface area contributed by atoms with Gasteiger partial charge in [0, 0.05) is 17.9 Å². The first-order valence-corrected chi connectivity index (χ1v) is 9.89. The van der Waals surface area contributed by atoms with E-state index in [9.17, 15) is 4.39 Å². The van der Waals surface area contributed by atoms with Crippen molar-refractivity contribution in [3.05, 3.63) is 67.0 Å². The highest BCUT2D eigenvalue weighted by molar-refractivity contribution is 7.99. The Labute approximate surface area is 168 Å². The molecule has 0 amide bonds. The molecule has 0 saturated heterocycles. The van der Waals surface area contributed by atoms with Crippen molar-refractivity contribution in [2.24, 2.45) is 0 Å². The topological polar surface area (TPSA) is 49.2 Å². The molecule has 2 aromatic carbocycles. The van der Waals surface area contributed by atoms with Gasteiger partial charge in [0.2, 0.25) is 0 Å². The second kappa shape index (κ2) is 9.94. The number of hydrogen-bond acceptors (Lipinski definition) is 5. The average molecular weight is 399 g/mol. The first-order chi connectivity index (χ1) is 13.7. The molecule has 5 nitrogen and oxygen atoms in total. The van der Waals surface area contributed by atoms with Gasteiger partial charge in [0.25, 0.3) is 0 Å². The first kappa shape index (κ1) is 19.9. The van der Waals surface area contributed by atoms with Crippen LogP contribution < -0.4 is 9.47 Å². The highest BCUT2D eigenvalue weighted by Gasteiger charge is 2.13. The van der Waals surface area contributed by atoms with Gasteiger partial charge >= 0.3 is 0 Å². The van der Waals surface area contributed by atoms with Gasteiger partial charge in [0.05, 0.1) is 13.7 Å². The van der Waals surface area contributed by atoms with Crippen molar-refractivity contribution in [3.63, 3.8) is 0 Å². The minimum atomic E-state index is -0.267. The van der Waals surface area contributed by atoms with Crippen LogP contribution >= 0.6 is 11.8 Å². The van der Waals surface area contributed by atoms with Crippen LogP contribution in [0, 0.1) is 5.82 Å². The SMILES string of the molecule is C=CCn1c(SCCCOc2ccc(F)cc2)nnc1-c1ccc(OC)cc1. The summed E-state index contributed by atoms with van der Waals surface area (Å²) in [6.45, 7) is 5.02. The summed E-state index contributed by atoms with van der Waals surface area (Å²) in [6.07, 6.45) is 2.67. The summed E-state index contributed by atoms with van der Waals surface area (Å²) in [6, 6.07) is 13.8. The van der Waals surface area contributed by atoms with Gasteiger partial charge in [-0.2, -0.15) is 0 Å². The summed E-state index contributed by atoms with van der Waals surface area (Å²) in [5, 5.41) is 9.53. The van der Waals surface area contributed by atoms with Crippen LogP contribution in [-0.2, 0) is 6.54 Å². The van der Waals surface area contributed by atoms with E-state index in [1.54, 1.807) is 31.0 Å². The van der Waals surface area contributed by atoms with Crippen LogP contribution in [0.4, 0.5) is 4.39 Å². The molecule has 1 heterocycles. The molecule has 28 heavy (non-hydrogen) atoms. The van der Waals surface area contributed by atoms with Crippen LogP contribution in [0.2, 0.25) is 0 Å². The van der Waals surface area contributed by atoms with Crippen molar-refractivity contribution in [1.29, 1.82) is 0 Å². The summed E-state index contributed by atoms with van der Waals surface area (Å²) in [5.74, 6) is 2.83. The lowest BCUT2D eigenvalue weighted by Crippen LogP contribution is -2.02. The van der Waals surface area contributed by atoms with Crippen LogP contribution in [0.25, 0.3) is 11.4 Å². The second-order valence-electron chi connectivity index (χ2n) is 5.94. The van der Waals surface area contributed by atoms with Gasteiger partial charge in [0.1, 0.15) is 17.3 Å². The van der Waals surface area contributed by atoms with E-state index in [2.05, 4.69) is 16.8 Å². The van der Waals surface area contributed by atoms with Gasteiger partial charge in [-0.1, -0.05) is 17.8 Å². The Morgan fingerprint density at radius 1 is 1.07 bits per heavy atom.